The highest BCUT2D eigenvalue weighted by atomic mass is 35.5. The number of aromatic nitrogens is 2. The number of halogens is 1. The normalized spacial score (nSPS) is 17.7. The smallest absolute Gasteiger partial charge is 0.225 e. The van der Waals surface area contributed by atoms with Gasteiger partial charge in [-0.25, -0.2) is 9.97 Å². The highest BCUT2D eigenvalue weighted by molar-refractivity contribution is 6.31. The molecular weight excluding hydrogens is 424 g/mol. The molecule has 2 fully saturated rings. The molecule has 2 saturated heterocycles. The van der Waals surface area contributed by atoms with E-state index in [2.05, 4.69) is 14.8 Å². The van der Waals surface area contributed by atoms with Crippen LogP contribution >= 0.6 is 11.6 Å². The largest absolute Gasteiger partial charge is 0.507 e. The lowest BCUT2D eigenvalue weighted by Gasteiger charge is -2.36. The molecular formula is C25H27ClN4O2. The monoisotopic (exact) mass is 450 g/mol. The van der Waals surface area contributed by atoms with Gasteiger partial charge in [0.05, 0.1) is 11.1 Å². The first-order valence-electron chi connectivity index (χ1n) is 11.4. The van der Waals surface area contributed by atoms with Gasteiger partial charge in [-0.2, -0.15) is 0 Å². The number of phenolic OH excluding ortho intramolecular Hbond substituents is 1. The van der Waals surface area contributed by atoms with Gasteiger partial charge in [-0.3, -0.25) is 4.79 Å². The first-order valence-corrected chi connectivity index (χ1v) is 11.8. The van der Waals surface area contributed by atoms with Crippen molar-refractivity contribution in [2.75, 3.05) is 31.1 Å². The summed E-state index contributed by atoms with van der Waals surface area (Å²) in [5, 5.41) is 11.9. The number of phenols is 1. The number of carbonyl (C=O) groups is 1. The third kappa shape index (κ3) is 4.11. The molecule has 2 aliphatic heterocycles. The molecule has 0 unspecified atom stereocenters. The zero-order valence-corrected chi connectivity index (χ0v) is 18.8. The second kappa shape index (κ2) is 8.94. The zero-order chi connectivity index (χ0) is 22.1. The predicted octanol–water partition coefficient (Wildman–Crippen LogP) is 4.88. The van der Waals surface area contributed by atoms with Crippen LogP contribution in [-0.4, -0.2) is 52.1 Å². The molecule has 0 aliphatic carbocycles. The summed E-state index contributed by atoms with van der Waals surface area (Å²) in [6, 6.07) is 12.7. The van der Waals surface area contributed by atoms with Gasteiger partial charge in [0.1, 0.15) is 11.6 Å². The summed E-state index contributed by atoms with van der Waals surface area (Å²) in [6.07, 6.45) is 5.11. The van der Waals surface area contributed by atoms with Gasteiger partial charge in [-0.1, -0.05) is 23.7 Å². The maximum absolute atomic E-state index is 13.0. The number of anilines is 1. The van der Waals surface area contributed by atoms with E-state index in [1.165, 1.54) is 6.42 Å². The summed E-state index contributed by atoms with van der Waals surface area (Å²) in [5.41, 5.74) is 1.33. The lowest BCUT2D eigenvalue weighted by Crippen LogP contribution is -2.44. The summed E-state index contributed by atoms with van der Waals surface area (Å²) in [5.74, 6) is 1.85. The van der Waals surface area contributed by atoms with Crippen molar-refractivity contribution < 1.29 is 9.90 Å². The molecule has 0 atom stereocenters. The molecule has 5 rings (SSSR count). The molecule has 1 amide bonds. The number of nitrogens with zero attached hydrogens (tertiary/aromatic N) is 4. The number of amides is 1. The fraction of sp³-hybridized carbons (Fsp3) is 0.400. The average Bonchev–Trinajstić information content (AvgIpc) is 2.83. The highest BCUT2D eigenvalue weighted by Crippen LogP contribution is 2.34. The molecule has 3 aromatic rings. The topological polar surface area (TPSA) is 69.6 Å². The number of aromatic hydroxyl groups is 1. The maximum Gasteiger partial charge on any atom is 0.225 e. The number of hydrogen-bond donors (Lipinski definition) is 1. The molecule has 0 spiro atoms. The second-order valence-electron chi connectivity index (χ2n) is 8.70. The van der Waals surface area contributed by atoms with Gasteiger partial charge in [0.25, 0.3) is 0 Å². The zero-order valence-electron chi connectivity index (χ0n) is 18.0. The van der Waals surface area contributed by atoms with Crippen LogP contribution < -0.4 is 4.90 Å². The Morgan fingerprint density at radius 2 is 1.72 bits per heavy atom. The third-order valence-corrected chi connectivity index (χ3v) is 6.83. The van der Waals surface area contributed by atoms with Crippen LogP contribution in [0.4, 0.5) is 5.82 Å². The van der Waals surface area contributed by atoms with E-state index in [-0.39, 0.29) is 11.7 Å². The summed E-state index contributed by atoms with van der Waals surface area (Å²) < 4.78 is 0. The van der Waals surface area contributed by atoms with E-state index >= 15 is 0 Å². The van der Waals surface area contributed by atoms with Crippen molar-refractivity contribution in [2.45, 2.75) is 32.1 Å². The Hall–Kier alpha value is -2.86. The number of rotatable bonds is 3. The summed E-state index contributed by atoms with van der Waals surface area (Å²) in [4.78, 5) is 26.8. The maximum atomic E-state index is 13.0. The van der Waals surface area contributed by atoms with Gasteiger partial charge in [0, 0.05) is 42.5 Å². The molecule has 0 saturated carbocycles. The minimum atomic E-state index is 0.0875. The van der Waals surface area contributed by atoms with Crippen molar-refractivity contribution >= 4 is 34.2 Å². The van der Waals surface area contributed by atoms with Gasteiger partial charge in [0.15, 0.2) is 5.82 Å². The molecule has 0 bridgehead atoms. The van der Waals surface area contributed by atoms with Crippen LogP contribution in [0.5, 0.6) is 5.75 Å². The van der Waals surface area contributed by atoms with E-state index in [0.717, 1.165) is 68.6 Å². The van der Waals surface area contributed by atoms with Crippen LogP contribution in [0.3, 0.4) is 0 Å². The van der Waals surface area contributed by atoms with Crippen LogP contribution in [-0.2, 0) is 4.79 Å². The fourth-order valence-corrected chi connectivity index (χ4v) is 4.99. The molecule has 1 N–H and O–H groups in total. The van der Waals surface area contributed by atoms with Crippen LogP contribution in [0.15, 0.2) is 42.5 Å². The quantitative estimate of drug-likeness (QED) is 0.615. The standard InChI is InChI=1S/C25H27ClN4O2/c26-18-8-9-19-21(16-18)27-23(20-6-2-3-7-22(20)31)28-24(19)29-14-10-17(11-15-29)25(32)30-12-4-1-5-13-30/h2-3,6-9,16-17,31H,1,4-5,10-15H2. The van der Waals surface area contributed by atoms with Gasteiger partial charge in [0.2, 0.25) is 5.91 Å². The molecule has 166 valence electrons. The summed E-state index contributed by atoms with van der Waals surface area (Å²) >= 11 is 6.25. The Kier molecular flexibility index (Phi) is 5.87. The Bertz CT molecular complexity index is 1140. The van der Waals surface area contributed by atoms with E-state index < -0.39 is 0 Å². The minimum Gasteiger partial charge on any atom is -0.507 e. The van der Waals surface area contributed by atoms with Crippen molar-refractivity contribution in [3.05, 3.63) is 47.5 Å². The molecule has 2 aliphatic rings. The number of hydrogen-bond acceptors (Lipinski definition) is 5. The summed E-state index contributed by atoms with van der Waals surface area (Å²) in [7, 11) is 0. The number of para-hydroxylation sites is 1. The van der Waals surface area contributed by atoms with Gasteiger partial charge < -0.3 is 14.9 Å². The van der Waals surface area contributed by atoms with Gasteiger partial charge in [-0.05, 0) is 62.4 Å². The van der Waals surface area contributed by atoms with Crippen molar-refractivity contribution in [3.63, 3.8) is 0 Å². The molecule has 6 nitrogen and oxygen atoms in total. The Morgan fingerprint density at radius 3 is 2.47 bits per heavy atom. The molecule has 1 aromatic heterocycles. The SMILES string of the molecule is O=C(C1CCN(c2nc(-c3ccccc3O)nc3cc(Cl)ccc23)CC1)N1CCCCC1. The fourth-order valence-electron chi connectivity index (χ4n) is 4.82. The van der Waals surface area contributed by atoms with Gasteiger partial charge >= 0.3 is 0 Å². The molecule has 2 aromatic carbocycles. The van der Waals surface area contributed by atoms with Crippen molar-refractivity contribution in [3.8, 4) is 17.1 Å². The minimum absolute atomic E-state index is 0.0875. The molecule has 0 radical (unpaired) electrons. The molecule has 32 heavy (non-hydrogen) atoms. The van der Waals surface area contributed by atoms with Crippen LogP contribution in [0.1, 0.15) is 32.1 Å². The number of piperidine rings is 2. The third-order valence-electron chi connectivity index (χ3n) is 6.60. The Morgan fingerprint density at radius 1 is 0.969 bits per heavy atom. The van der Waals surface area contributed by atoms with Crippen LogP contribution in [0.25, 0.3) is 22.3 Å². The lowest BCUT2D eigenvalue weighted by atomic mass is 9.94. The predicted molar refractivity (Wildman–Crippen MR) is 127 cm³/mol. The van der Waals surface area contributed by atoms with Crippen LogP contribution in [0, 0.1) is 5.92 Å². The van der Waals surface area contributed by atoms with E-state index in [0.29, 0.717) is 22.3 Å². The summed E-state index contributed by atoms with van der Waals surface area (Å²) in [6.45, 7) is 3.33. The second-order valence-corrected chi connectivity index (χ2v) is 9.13. The van der Waals surface area contributed by atoms with E-state index in [1.54, 1.807) is 12.1 Å². The van der Waals surface area contributed by atoms with E-state index in [4.69, 9.17) is 16.6 Å². The molecule has 7 heteroatoms. The first-order chi connectivity index (χ1) is 15.6. The Balaban J connectivity index is 1.44. The van der Waals surface area contributed by atoms with Crippen molar-refractivity contribution in [1.29, 1.82) is 0 Å². The first kappa shape index (κ1) is 21.0. The Labute approximate surface area is 192 Å². The number of fused-ring (bicyclic) bond motifs is 1. The van der Waals surface area contributed by atoms with Crippen molar-refractivity contribution in [1.82, 2.24) is 14.9 Å². The molecule has 3 heterocycles. The van der Waals surface area contributed by atoms with Crippen LogP contribution in [0.2, 0.25) is 5.02 Å². The lowest BCUT2D eigenvalue weighted by molar-refractivity contribution is -0.137. The highest BCUT2D eigenvalue weighted by Gasteiger charge is 2.30. The van der Waals surface area contributed by atoms with Crippen molar-refractivity contribution in [2.24, 2.45) is 5.92 Å². The number of carbonyl (C=O) groups excluding carboxylic acids is 1. The van der Waals surface area contributed by atoms with E-state index in [1.807, 2.05) is 30.3 Å². The van der Waals surface area contributed by atoms with E-state index in [9.17, 15) is 9.90 Å². The van der Waals surface area contributed by atoms with Gasteiger partial charge in [-0.15, -0.1) is 0 Å². The number of benzene rings is 2. The average molecular weight is 451 g/mol. The number of likely N-dealkylation sites (tertiary alicyclic amines) is 1.